The van der Waals surface area contributed by atoms with Gasteiger partial charge >= 0.3 is 11.9 Å². The molecule has 0 amide bonds. The Labute approximate surface area is 115 Å². The van der Waals surface area contributed by atoms with Gasteiger partial charge in [0.25, 0.3) is 0 Å². The van der Waals surface area contributed by atoms with E-state index in [2.05, 4.69) is 13.5 Å². The van der Waals surface area contributed by atoms with Gasteiger partial charge in [-0.2, -0.15) is 0 Å². The van der Waals surface area contributed by atoms with Crippen LogP contribution < -0.4 is 0 Å². The van der Waals surface area contributed by atoms with Crippen molar-refractivity contribution in [3.05, 3.63) is 12.7 Å². The molecule has 1 unspecified atom stereocenters. The van der Waals surface area contributed by atoms with Crippen LogP contribution in [0.1, 0.15) is 59.3 Å². The van der Waals surface area contributed by atoms with E-state index >= 15 is 0 Å². The summed E-state index contributed by atoms with van der Waals surface area (Å²) in [7, 11) is 0. The number of carbonyl (C=O) groups is 2. The Hall–Kier alpha value is -1.32. The molecule has 1 atom stereocenters. The first-order valence-corrected chi connectivity index (χ1v) is 6.90. The highest BCUT2D eigenvalue weighted by molar-refractivity contribution is 5.81. The smallest absolute Gasteiger partial charge is 0.330 e. The van der Waals surface area contributed by atoms with Gasteiger partial charge in [0.1, 0.15) is 5.60 Å². The summed E-state index contributed by atoms with van der Waals surface area (Å²) in [5, 5.41) is 9.11. The fourth-order valence-corrected chi connectivity index (χ4v) is 1.98. The molecule has 0 saturated carbocycles. The summed E-state index contributed by atoms with van der Waals surface area (Å²) in [6, 6.07) is 0. The third-order valence-corrected chi connectivity index (χ3v) is 3.13. The molecule has 0 heterocycles. The fraction of sp³-hybridized carbons (Fsp3) is 0.733. The van der Waals surface area contributed by atoms with E-state index in [0.29, 0.717) is 12.8 Å². The van der Waals surface area contributed by atoms with Crippen LogP contribution in [0.5, 0.6) is 0 Å². The largest absolute Gasteiger partial charge is 0.481 e. The first-order valence-electron chi connectivity index (χ1n) is 6.90. The van der Waals surface area contributed by atoms with Crippen LogP contribution in [0.25, 0.3) is 0 Å². The zero-order valence-electron chi connectivity index (χ0n) is 12.3. The number of unbranched alkanes of at least 4 members (excludes halogenated alkanes) is 1. The molecule has 4 nitrogen and oxygen atoms in total. The summed E-state index contributed by atoms with van der Waals surface area (Å²) in [4.78, 5) is 22.2. The molecule has 0 bridgehead atoms. The monoisotopic (exact) mass is 270 g/mol. The molecule has 0 fully saturated rings. The SMILES string of the molecule is C=CC(=O)OC(C)(C)CCCC(CCCC)C(=O)O. The van der Waals surface area contributed by atoms with Crippen molar-refractivity contribution in [3.8, 4) is 0 Å². The van der Waals surface area contributed by atoms with Crippen LogP contribution in [0.4, 0.5) is 0 Å². The Morgan fingerprint density at radius 2 is 1.89 bits per heavy atom. The second-order valence-corrected chi connectivity index (χ2v) is 5.45. The number of carboxylic acids is 1. The zero-order chi connectivity index (χ0) is 14.9. The molecule has 0 saturated heterocycles. The van der Waals surface area contributed by atoms with Gasteiger partial charge in [0.2, 0.25) is 0 Å². The predicted octanol–water partition coefficient (Wildman–Crippen LogP) is 3.56. The second kappa shape index (κ2) is 8.73. The summed E-state index contributed by atoms with van der Waals surface area (Å²) in [6.07, 6.45) is 5.82. The lowest BCUT2D eigenvalue weighted by atomic mass is 9.92. The standard InChI is InChI=1S/C15H26O4/c1-5-7-9-12(14(17)18)10-8-11-15(3,4)19-13(16)6-2/h6,12H,2,5,7-11H2,1,3-4H3,(H,17,18). The zero-order valence-corrected chi connectivity index (χ0v) is 12.3. The number of ether oxygens (including phenoxy) is 1. The minimum Gasteiger partial charge on any atom is -0.481 e. The highest BCUT2D eigenvalue weighted by Crippen LogP contribution is 2.22. The van der Waals surface area contributed by atoms with Gasteiger partial charge < -0.3 is 9.84 Å². The maximum Gasteiger partial charge on any atom is 0.330 e. The van der Waals surface area contributed by atoms with Crippen molar-refractivity contribution in [2.75, 3.05) is 0 Å². The molecule has 0 aliphatic heterocycles. The normalized spacial score (nSPS) is 12.8. The summed E-state index contributed by atoms with van der Waals surface area (Å²) in [5.74, 6) is -1.45. The number of carbonyl (C=O) groups excluding carboxylic acids is 1. The summed E-state index contributed by atoms with van der Waals surface area (Å²) < 4.78 is 5.21. The van der Waals surface area contributed by atoms with Crippen LogP contribution in [0, 0.1) is 5.92 Å². The van der Waals surface area contributed by atoms with E-state index in [9.17, 15) is 9.59 Å². The molecule has 19 heavy (non-hydrogen) atoms. The van der Waals surface area contributed by atoms with Crippen LogP contribution in [-0.4, -0.2) is 22.6 Å². The summed E-state index contributed by atoms with van der Waals surface area (Å²) >= 11 is 0. The van der Waals surface area contributed by atoms with Crippen molar-refractivity contribution < 1.29 is 19.4 Å². The Morgan fingerprint density at radius 1 is 1.32 bits per heavy atom. The van der Waals surface area contributed by atoms with Crippen LogP contribution in [0.3, 0.4) is 0 Å². The number of rotatable bonds is 10. The third-order valence-electron chi connectivity index (χ3n) is 3.13. The quantitative estimate of drug-likeness (QED) is 0.487. The molecule has 0 aliphatic rings. The van der Waals surface area contributed by atoms with Gasteiger partial charge in [-0.15, -0.1) is 0 Å². The average Bonchev–Trinajstić information content (AvgIpc) is 2.32. The third kappa shape index (κ3) is 8.41. The summed E-state index contributed by atoms with van der Waals surface area (Å²) in [6.45, 7) is 9.07. The van der Waals surface area contributed by atoms with Gasteiger partial charge in [0.15, 0.2) is 0 Å². The van der Waals surface area contributed by atoms with E-state index in [4.69, 9.17) is 9.84 Å². The van der Waals surface area contributed by atoms with Gasteiger partial charge in [-0.25, -0.2) is 4.79 Å². The lowest BCUT2D eigenvalue weighted by Gasteiger charge is -2.25. The molecule has 1 N–H and O–H groups in total. The Balaban J connectivity index is 4.12. The van der Waals surface area contributed by atoms with Gasteiger partial charge in [0, 0.05) is 6.08 Å². The topological polar surface area (TPSA) is 63.6 Å². The molecule has 0 rings (SSSR count). The second-order valence-electron chi connectivity index (χ2n) is 5.45. The fourth-order valence-electron chi connectivity index (χ4n) is 1.98. The number of aliphatic carboxylic acids is 1. The number of esters is 1. The van der Waals surface area contributed by atoms with Crippen molar-refractivity contribution >= 4 is 11.9 Å². The molecule has 4 heteroatoms. The predicted molar refractivity (Wildman–Crippen MR) is 74.9 cm³/mol. The van der Waals surface area contributed by atoms with Crippen molar-refractivity contribution in [1.82, 2.24) is 0 Å². The number of carboxylic acid groups (broad SMARTS) is 1. The molecule has 0 aromatic heterocycles. The molecule has 110 valence electrons. The van der Waals surface area contributed by atoms with Crippen molar-refractivity contribution in [3.63, 3.8) is 0 Å². The molecule has 0 spiro atoms. The molecular formula is C15H26O4. The first-order chi connectivity index (χ1) is 8.82. The van der Waals surface area contributed by atoms with Crippen molar-refractivity contribution in [2.45, 2.75) is 64.9 Å². The van der Waals surface area contributed by atoms with E-state index in [-0.39, 0.29) is 5.92 Å². The molecule has 0 aromatic rings. The molecular weight excluding hydrogens is 244 g/mol. The lowest BCUT2D eigenvalue weighted by Crippen LogP contribution is -2.27. The summed E-state index contributed by atoms with van der Waals surface area (Å²) in [5.41, 5.74) is -0.570. The Kier molecular flexibility index (Phi) is 8.12. The van der Waals surface area contributed by atoms with Gasteiger partial charge in [-0.1, -0.05) is 26.3 Å². The van der Waals surface area contributed by atoms with Crippen molar-refractivity contribution in [2.24, 2.45) is 5.92 Å². The number of hydrogen-bond acceptors (Lipinski definition) is 3. The van der Waals surface area contributed by atoms with E-state index in [1.165, 1.54) is 0 Å². The average molecular weight is 270 g/mol. The molecule has 0 aliphatic carbocycles. The minimum atomic E-state index is -0.727. The van der Waals surface area contributed by atoms with Gasteiger partial charge in [0.05, 0.1) is 5.92 Å². The lowest BCUT2D eigenvalue weighted by molar-refractivity contribution is -0.151. The highest BCUT2D eigenvalue weighted by atomic mass is 16.6. The highest BCUT2D eigenvalue weighted by Gasteiger charge is 2.23. The number of hydrogen-bond donors (Lipinski definition) is 1. The van der Waals surface area contributed by atoms with Crippen LogP contribution in [0.2, 0.25) is 0 Å². The Bertz CT molecular complexity index is 307. The van der Waals surface area contributed by atoms with Crippen molar-refractivity contribution in [1.29, 1.82) is 0 Å². The first kappa shape index (κ1) is 17.7. The maximum absolute atomic E-state index is 11.1. The van der Waals surface area contributed by atoms with Crippen LogP contribution >= 0.6 is 0 Å². The van der Waals surface area contributed by atoms with Crippen LogP contribution in [0.15, 0.2) is 12.7 Å². The minimum absolute atomic E-state index is 0.286. The van der Waals surface area contributed by atoms with Gasteiger partial charge in [-0.3, -0.25) is 4.79 Å². The van der Waals surface area contributed by atoms with E-state index in [1.807, 2.05) is 13.8 Å². The molecule has 0 aromatic carbocycles. The molecule has 0 radical (unpaired) electrons. The van der Waals surface area contributed by atoms with Gasteiger partial charge in [-0.05, 0) is 39.5 Å². The van der Waals surface area contributed by atoms with E-state index < -0.39 is 17.5 Å². The van der Waals surface area contributed by atoms with Crippen LogP contribution in [-0.2, 0) is 14.3 Å². The van der Waals surface area contributed by atoms with E-state index in [0.717, 1.165) is 31.8 Å². The Morgan fingerprint density at radius 3 is 2.37 bits per heavy atom. The maximum atomic E-state index is 11.1. The van der Waals surface area contributed by atoms with E-state index in [1.54, 1.807) is 0 Å².